The first-order valence-electron chi connectivity index (χ1n) is 7.92. The molecule has 0 radical (unpaired) electrons. The molecule has 1 heterocycles. The molecule has 8 heteroatoms. The van der Waals surface area contributed by atoms with Crippen LogP contribution < -0.4 is 10.6 Å². The summed E-state index contributed by atoms with van der Waals surface area (Å²) in [7, 11) is 3.56. The minimum absolute atomic E-state index is 0.0206. The van der Waals surface area contributed by atoms with Crippen molar-refractivity contribution < 1.29 is 14.0 Å². The second-order valence-corrected chi connectivity index (χ2v) is 5.79. The molecule has 0 saturated heterocycles. The van der Waals surface area contributed by atoms with Crippen LogP contribution in [0, 0.1) is 5.82 Å². The SMILES string of the molecule is CC(=O)Nc1ccc(F)c(NC(=O)N(C)CCCc2nccn2C)c1. The number of benzene rings is 1. The van der Waals surface area contributed by atoms with Crippen molar-refractivity contribution in [1.29, 1.82) is 0 Å². The Kier molecular flexibility index (Phi) is 6.10. The third kappa shape index (κ3) is 5.30. The van der Waals surface area contributed by atoms with E-state index in [4.69, 9.17) is 0 Å². The number of nitrogens with zero attached hydrogens (tertiary/aromatic N) is 3. The highest BCUT2D eigenvalue weighted by molar-refractivity contribution is 5.92. The molecule has 7 nitrogen and oxygen atoms in total. The van der Waals surface area contributed by atoms with E-state index in [9.17, 15) is 14.0 Å². The zero-order chi connectivity index (χ0) is 18.4. The molecule has 25 heavy (non-hydrogen) atoms. The van der Waals surface area contributed by atoms with Gasteiger partial charge >= 0.3 is 6.03 Å². The monoisotopic (exact) mass is 347 g/mol. The fourth-order valence-electron chi connectivity index (χ4n) is 2.33. The highest BCUT2D eigenvalue weighted by atomic mass is 19.1. The van der Waals surface area contributed by atoms with E-state index in [1.807, 2.05) is 17.8 Å². The molecular weight excluding hydrogens is 325 g/mol. The van der Waals surface area contributed by atoms with Crippen LogP contribution in [-0.2, 0) is 18.3 Å². The number of imidazole rings is 1. The number of aromatic nitrogens is 2. The minimum Gasteiger partial charge on any atom is -0.338 e. The van der Waals surface area contributed by atoms with Gasteiger partial charge in [0.05, 0.1) is 5.69 Å². The first kappa shape index (κ1) is 18.4. The van der Waals surface area contributed by atoms with Gasteiger partial charge in [-0.05, 0) is 24.6 Å². The lowest BCUT2D eigenvalue weighted by Gasteiger charge is -2.18. The van der Waals surface area contributed by atoms with Gasteiger partial charge in [-0.2, -0.15) is 0 Å². The zero-order valence-corrected chi connectivity index (χ0v) is 14.5. The number of rotatable bonds is 6. The highest BCUT2D eigenvalue weighted by Crippen LogP contribution is 2.20. The Hall–Kier alpha value is -2.90. The van der Waals surface area contributed by atoms with E-state index in [-0.39, 0.29) is 11.6 Å². The van der Waals surface area contributed by atoms with Crippen molar-refractivity contribution in [2.75, 3.05) is 24.2 Å². The van der Waals surface area contributed by atoms with Gasteiger partial charge in [-0.3, -0.25) is 4.79 Å². The van der Waals surface area contributed by atoms with Crippen LogP contribution in [0.4, 0.5) is 20.6 Å². The maximum atomic E-state index is 13.9. The van der Waals surface area contributed by atoms with Crippen molar-refractivity contribution >= 4 is 23.3 Å². The smallest absolute Gasteiger partial charge is 0.321 e. The van der Waals surface area contributed by atoms with Crippen LogP contribution in [0.2, 0.25) is 0 Å². The molecule has 1 aromatic heterocycles. The predicted octanol–water partition coefficient (Wildman–Crippen LogP) is 2.61. The molecule has 0 saturated carbocycles. The van der Waals surface area contributed by atoms with E-state index < -0.39 is 11.8 Å². The second kappa shape index (κ2) is 8.27. The normalized spacial score (nSPS) is 10.4. The Bertz CT molecular complexity index is 759. The summed E-state index contributed by atoms with van der Waals surface area (Å²) in [6, 6.07) is 3.60. The van der Waals surface area contributed by atoms with E-state index in [2.05, 4.69) is 15.6 Å². The lowest BCUT2D eigenvalue weighted by Crippen LogP contribution is -2.32. The summed E-state index contributed by atoms with van der Waals surface area (Å²) in [5.41, 5.74) is 0.439. The molecule has 1 aromatic carbocycles. The quantitative estimate of drug-likeness (QED) is 0.843. The van der Waals surface area contributed by atoms with Gasteiger partial charge in [0, 0.05) is 52.1 Å². The number of carbonyl (C=O) groups excluding carboxylic acids is 2. The summed E-state index contributed by atoms with van der Waals surface area (Å²) in [5, 5.41) is 5.07. The van der Waals surface area contributed by atoms with Crippen molar-refractivity contribution in [3.63, 3.8) is 0 Å². The first-order chi connectivity index (χ1) is 11.9. The minimum atomic E-state index is -0.566. The molecular formula is C17H22FN5O2. The van der Waals surface area contributed by atoms with Crippen LogP contribution in [0.15, 0.2) is 30.6 Å². The van der Waals surface area contributed by atoms with Crippen LogP contribution in [0.3, 0.4) is 0 Å². The molecule has 0 fully saturated rings. The molecule has 134 valence electrons. The molecule has 2 rings (SSSR count). The number of hydrogen-bond donors (Lipinski definition) is 2. The molecule has 0 spiro atoms. The van der Waals surface area contributed by atoms with Crippen LogP contribution in [-0.4, -0.2) is 40.0 Å². The molecule has 0 bridgehead atoms. The number of urea groups is 1. The molecule has 0 atom stereocenters. The number of amides is 3. The second-order valence-electron chi connectivity index (χ2n) is 5.79. The lowest BCUT2D eigenvalue weighted by atomic mass is 10.2. The molecule has 0 aliphatic heterocycles. The third-order valence-electron chi connectivity index (χ3n) is 3.69. The van der Waals surface area contributed by atoms with E-state index in [0.29, 0.717) is 12.2 Å². The Morgan fingerprint density at radius 1 is 1.32 bits per heavy atom. The largest absolute Gasteiger partial charge is 0.338 e. The highest BCUT2D eigenvalue weighted by Gasteiger charge is 2.12. The van der Waals surface area contributed by atoms with Crippen molar-refractivity contribution in [1.82, 2.24) is 14.5 Å². The van der Waals surface area contributed by atoms with Gasteiger partial charge in [-0.1, -0.05) is 0 Å². The molecule has 0 aliphatic carbocycles. The van der Waals surface area contributed by atoms with E-state index in [1.54, 1.807) is 13.2 Å². The van der Waals surface area contributed by atoms with Crippen LogP contribution >= 0.6 is 0 Å². The number of halogens is 1. The van der Waals surface area contributed by atoms with Gasteiger partial charge < -0.3 is 20.1 Å². The fourth-order valence-corrected chi connectivity index (χ4v) is 2.33. The molecule has 0 aliphatic rings. The van der Waals surface area contributed by atoms with Gasteiger partial charge in [0.2, 0.25) is 5.91 Å². The van der Waals surface area contributed by atoms with Crippen LogP contribution in [0.25, 0.3) is 0 Å². The number of hydrogen-bond acceptors (Lipinski definition) is 3. The number of carbonyl (C=O) groups is 2. The van der Waals surface area contributed by atoms with E-state index in [0.717, 1.165) is 18.7 Å². The Morgan fingerprint density at radius 2 is 2.08 bits per heavy atom. The summed E-state index contributed by atoms with van der Waals surface area (Å²) in [4.78, 5) is 29.0. The van der Waals surface area contributed by atoms with Gasteiger partial charge in [0.15, 0.2) is 0 Å². The van der Waals surface area contributed by atoms with Crippen molar-refractivity contribution in [2.45, 2.75) is 19.8 Å². The van der Waals surface area contributed by atoms with Crippen molar-refractivity contribution in [3.05, 3.63) is 42.2 Å². The molecule has 2 aromatic rings. The predicted molar refractivity (Wildman–Crippen MR) is 93.9 cm³/mol. The van der Waals surface area contributed by atoms with Gasteiger partial charge in [-0.15, -0.1) is 0 Å². The number of anilines is 2. The van der Waals surface area contributed by atoms with Gasteiger partial charge in [0.1, 0.15) is 11.6 Å². The fraction of sp³-hybridized carbons (Fsp3) is 0.353. The summed E-state index contributed by atoms with van der Waals surface area (Å²) in [6.45, 7) is 1.86. The van der Waals surface area contributed by atoms with Crippen molar-refractivity contribution in [2.24, 2.45) is 7.05 Å². The summed E-state index contributed by atoms with van der Waals surface area (Å²) in [6.07, 6.45) is 5.09. The topological polar surface area (TPSA) is 79.3 Å². The number of nitrogens with one attached hydrogen (secondary N) is 2. The third-order valence-corrected chi connectivity index (χ3v) is 3.69. The van der Waals surface area contributed by atoms with E-state index in [1.165, 1.54) is 30.0 Å². The average Bonchev–Trinajstić information content (AvgIpc) is 2.95. The molecule has 3 amide bonds. The summed E-state index contributed by atoms with van der Waals surface area (Å²) in [5.74, 6) is 0.113. The zero-order valence-electron chi connectivity index (χ0n) is 14.5. The van der Waals surface area contributed by atoms with E-state index >= 15 is 0 Å². The number of aryl methyl sites for hydroxylation is 2. The average molecular weight is 347 g/mol. The summed E-state index contributed by atoms with van der Waals surface area (Å²) >= 11 is 0. The first-order valence-corrected chi connectivity index (χ1v) is 7.92. The van der Waals surface area contributed by atoms with Crippen LogP contribution in [0.5, 0.6) is 0 Å². The maximum Gasteiger partial charge on any atom is 0.321 e. The lowest BCUT2D eigenvalue weighted by molar-refractivity contribution is -0.114. The van der Waals surface area contributed by atoms with Gasteiger partial charge in [0.25, 0.3) is 0 Å². The Balaban J connectivity index is 1.89. The van der Waals surface area contributed by atoms with Crippen molar-refractivity contribution in [3.8, 4) is 0 Å². The maximum absolute atomic E-state index is 13.9. The summed E-state index contributed by atoms with van der Waals surface area (Å²) < 4.78 is 15.8. The Morgan fingerprint density at radius 3 is 2.72 bits per heavy atom. The molecule has 0 unspecified atom stereocenters. The van der Waals surface area contributed by atoms with Crippen LogP contribution in [0.1, 0.15) is 19.2 Å². The Labute approximate surface area is 145 Å². The van der Waals surface area contributed by atoms with Gasteiger partial charge in [-0.25, -0.2) is 14.2 Å². The molecule has 2 N–H and O–H groups in total. The standard InChI is InChI=1S/C17H22FN5O2/c1-12(24)20-13-6-7-14(18)15(11-13)21-17(25)23(3)9-4-5-16-19-8-10-22(16)2/h6-8,10-11H,4-5,9H2,1-3H3,(H,20,24)(H,21,25).